The van der Waals surface area contributed by atoms with Crippen LogP contribution in [-0.2, 0) is 4.74 Å². The summed E-state index contributed by atoms with van der Waals surface area (Å²) in [6.07, 6.45) is 2.42. The van der Waals surface area contributed by atoms with Gasteiger partial charge in [0.1, 0.15) is 0 Å². The molecule has 1 atom stereocenters. The molecular weight excluding hydrogens is 298 g/mol. The average Bonchev–Trinajstić information content (AvgIpc) is 3.11. The Hall–Kier alpha value is -0.810. The first-order chi connectivity index (χ1) is 8.63. The van der Waals surface area contributed by atoms with E-state index in [-0.39, 0.29) is 11.9 Å². The second kappa shape index (κ2) is 5.89. The molecule has 5 heteroatoms. The summed E-state index contributed by atoms with van der Waals surface area (Å²) in [7, 11) is 1.65. The van der Waals surface area contributed by atoms with Crippen molar-refractivity contribution in [1.29, 1.82) is 0 Å². The fraction of sp³-hybridized carbons (Fsp3) is 0.615. The number of halogens is 1. The van der Waals surface area contributed by atoms with E-state index < -0.39 is 0 Å². The van der Waals surface area contributed by atoms with Crippen LogP contribution < -0.4 is 0 Å². The van der Waals surface area contributed by atoms with Crippen LogP contribution in [0.2, 0.25) is 0 Å². The van der Waals surface area contributed by atoms with Crippen molar-refractivity contribution >= 4 is 21.8 Å². The number of ether oxygens (including phenoxy) is 1. The van der Waals surface area contributed by atoms with Gasteiger partial charge in [-0.15, -0.1) is 0 Å². The Balaban J connectivity index is 2.09. The predicted molar refractivity (Wildman–Crippen MR) is 71.5 cm³/mol. The third-order valence-corrected chi connectivity index (χ3v) is 3.80. The normalized spacial score (nSPS) is 16.6. The quantitative estimate of drug-likeness (QED) is 0.810. The summed E-state index contributed by atoms with van der Waals surface area (Å²) >= 11 is 3.22. The second-order valence-electron chi connectivity index (χ2n) is 4.67. The molecule has 100 valence electrons. The number of carbonyl (C=O) groups is 1. The zero-order valence-electron chi connectivity index (χ0n) is 10.7. The number of methoxy groups -OCH3 is 1. The van der Waals surface area contributed by atoms with Crippen molar-refractivity contribution in [2.45, 2.75) is 25.8 Å². The zero-order valence-corrected chi connectivity index (χ0v) is 12.3. The summed E-state index contributed by atoms with van der Waals surface area (Å²) < 4.78 is 11.0. The third-order valence-electron chi connectivity index (χ3n) is 3.38. The molecule has 0 radical (unpaired) electrons. The van der Waals surface area contributed by atoms with Crippen molar-refractivity contribution in [1.82, 2.24) is 4.90 Å². The van der Waals surface area contributed by atoms with Crippen LogP contribution in [0.1, 0.15) is 30.3 Å². The number of carbonyl (C=O) groups excluding carboxylic acids is 1. The first-order valence-electron chi connectivity index (χ1n) is 6.18. The maximum Gasteiger partial charge on any atom is 0.289 e. The minimum absolute atomic E-state index is 0.0582. The van der Waals surface area contributed by atoms with E-state index in [1.165, 1.54) is 12.8 Å². The van der Waals surface area contributed by atoms with Gasteiger partial charge in [0.2, 0.25) is 0 Å². The topological polar surface area (TPSA) is 42.7 Å². The predicted octanol–water partition coefficient (Wildman–Crippen LogP) is 2.93. The molecule has 0 spiro atoms. The number of amides is 1. The van der Waals surface area contributed by atoms with E-state index in [1.54, 1.807) is 19.2 Å². The van der Waals surface area contributed by atoms with Gasteiger partial charge in [-0.1, -0.05) is 0 Å². The van der Waals surface area contributed by atoms with Gasteiger partial charge in [0, 0.05) is 19.7 Å². The van der Waals surface area contributed by atoms with Crippen molar-refractivity contribution in [3.63, 3.8) is 0 Å². The number of furan rings is 1. The molecule has 1 heterocycles. The standard InChI is InChI=1S/C13H18BrNO3/c1-9(10-3-4-10)15(7-8-17-2)13(16)11-5-6-12(14)18-11/h5-6,9-10H,3-4,7-8H2,1-2H3. The molecule has 1 aliphatic carbocycles. The van der Waals surface area contributed by atoms with Gasteiger partial charge in [0.05, 0.1) is 6.61 Å². The van der Waals surface area contributed by atoms with E-state index in [9.17, 15) is 4.79 Å². The van der Waals surface area contributed by atoms with Crippen LogP contribution in [0.25, 0.3) is 0 Å². The first kappa shape index (κ1) is 13.6. The maximum absolute atomic E-state index is 12.4. The van der Waals surface area contributed by atoms with E-state index in [4.69, 9.17) is 9.15 Å². The Morgan fingerprint density at radius 3 is 2.83 bits per heavy atom. The van der Waals surface area contributed by atoms with E-state index in [0.29, 0.717) is 29.5 Å². The number of rotatable bonds is 6. The number of hydrogen-bond donors (Lipinski definition) is 0. The molecule has 1 aliphatic rings. The fourth-order valence-corrected chi connectivity index (χ4v) is 2.39. The second-order valence-corrected chi connectivity index (χ2v) is 5.45. The summed E-state index contributed by atoms with van der Waals surface area (Å²) in [5, 5.41) is 0. The molecule has 1 unspecified atom stereocenters. The highest BCUT2D eigenvalue weighted by atomic mass is 79.9. The van der Waals surface area contributed by atoms with Crippen molar-refractivity contribution < 1.29 is 13.9 Å². The fourth-order valence-electron chi connectivity index (χ4n) is 2.08. The van der Waals surface area contributed by atoms with E-state index >= 15 is 0 Å². The highest BCUT2D eigenvalue weighted by molar-refractivity contribution is 9.10. The van der Waals surface area contributed by atoms with Crippen molar-refractivity contribution in [3.8, 4) is 0 Å². The minimum atomic E-state index is -0.0582. The van der Waals surface area contributed by atoms with Crippen LogP contribution in [0.5, 0.6) is 0 Å². The molecule has 1 aromatic heterocycles. The lowest BCUT2D eigenvalue weighted by atomic mass is 10.1. The van der Waals surface area contributed by atoms with Gasteiger partial charge < -0.3 is 14.1 Å². The Morgan fingerprint density at radius 2 is 2.33 bits per heavy atom. The van der Waals surface area contributed by atoms with Crippen molar-refractivity contribution in [2.75, 3.05) is 20.3 Å². The molecule has 0 aliphatic heterocycles. The molecule has 0 N–H and O–H groups in total. The Labute approximate surface area is 115 Å². The minimum Gasteiger partial charge on any atom is -0.444 e. The summed E-state index contributed by atoms with van der Waals surface area (Å²) in [5.41, 5.74) is 0. The van der Waals surface area contributed by atoms with Gasteiger partial charge >= 0.3 is 0 Å². The first-order valence-corrected chi connectivity index (χ1v) is 6.98. The van der Waals surface area contributed by atoms with Gasteiger partial charge in [0.15, 0.2) is 10.4 Å². The molecular formula is C13H18BrNO3. The number of hydrogen-bond acceptors (Lipinski definition) is 3. The van der Waals surface area contributed by atoms with Gasteiger partial charge in [-0.2, -0.15) is 0 Å². The van der Waals surface area contributed by atoms with Gasteiger partial charge in [-0.05, 0) is 53.7 Å². The molecule has 1 fully saturated rings. The van der Waals surface area contributed by atoms with Crippen molar-refractivity contribution in [2.24, 2.45) is 5.92 Å². The van der Waals surface area contributed by atoms with Crippen LogP contribution in [0.15, 0.2) is 21.2 Å². The molecule has 2 rings (SSSR count). The summed E-state index contributed by atoms with van der Waals surface area (Å²) in [5.74, 6) is 0.951. The Kier molecular flexibility index (Phi) is 4.45. The van der Waals surface area contributed by atoms with Crippen LogP contribution in [0.4, 0.5) is 0 Å². The molecule has 0 bridgehead atoms. The molecule has 18 heavy (non-hydrogen) atoms. The molecule has 4 nitrogen and oxygen atoms in total. The summed E-state index contributed by atoms with van der Waals surface area (Å²) in [6.45, 7) is 3.25. The lowest BCUT2D eigenvalue weighted by molar-refractivity contribution is 0.0562. The lowest BCUT2D eigenvalue weighted by Gasteiger charge is -2.28. The van der Waals surface area contributed by atoms with Gasteiger partial charge in [0.25, 0.3) is 5.91 Å². The summed E-state index contributed by atoms with van der Waals surface area (Å²) in [6, 6.07) is 3.69. The zero-order chi connectivity index (χ0) is 13.1. The largest absolute Gasteiger partial charge is 0.444 e. The lowest BCUT2D eigenvalue weighted by Crippen LogP contribution is -2.41. The molecule has 0 saturated heterocycles. The van der Waals surface area contributed by atoms with Crippen LogP contribution in [-0.4, -0.2) is 37.1 Å². The van der Waals surface area contributed by atoms with Crippen LogP contribution in [0, 0.1) is 5.92 Å². The van der Waals surface area contributed by atoms with Gasteiger partial charge in [-0.25, -0.2) is 0 Å². The van der Waals surface area contributed by atoms with Crippen molar-refractivity contribution in [3.05, 3.63) is 22.6 Å². The van der Waals surface area contributed by atoms with E-state index in [1.807, 2.05) is 4.90 Å². The average molecular weight is 316 g/mol. The Morgan fingerprint density at radius 1 is 1.61 bits per heavy atom. The monoisotopic (exact) mass is 315 g/mol. The Bertz CT molecular complexity index is 414. The third kappa shape index (κ3) is 3.14. The van der Waals surface area contributed by atoms with Crippen LogP contribution >= 0.6 is 15.9 Å². The molecule has 0 aromatic carbocycles. The molecule has 1 amide bonds. The number of nitrogens with zero attached hydrogens (tertiary/aromatic N) is 1. The van der Waals surface area contributed by atoms with Gasteiger partial charge in [-0.3, -0.25) is 4.79 Å². The van der Waals surface area contributed by atoms with E-state index in [0.717, 1.165) is 0 Å². The van der Waals surface area contributed by atoms with E-state index in [2.05, 4.69) is 22.9 Å². The highest BCUT2D eigenvalue weighted by Gasteiger charge is 2.35. The van der Waals surface area contributed by atoms with Crippen LogP contribution in [0.3, 0.4) is 0 Å². The SMILES string of the molecule is COCCN(C(=O)c1ccc(Br)o1)C(C)C1CC1. The molecule has 1 aromatic rings. The smallest absolute Gasteiger partial charge is 0.289 e. The highest BCUT2D eigenvalue weighted by Crippen LogP contribution is 2.35. The summed E-state index contributed by atoms with van der Waals surface area (Å²) in [4.78, 5) is 14.2. The maximum atomic E-state index is 12.4. The molecule has 1 saturated carbocycles.